The Balaban J connectivity index is 1.39. The van der Waals surface area contributed by atoms with Crippen molar-refractivity contribution in [2.45, 2.75) is 44.6 Å². The van der Waals surface area contributed by atoms with Gasteiger partial charge in [0.1, 0.15) is 6.61 Å². The Labute approximate surface area is 237 Å². The summed E-state index contributed by atoms with van der Waals surface area (Å²) < 4.78 is 29.2. The molecule has 2 aromatic heterocycles. The van der Waals surface area contributed by atoms with E-state index in [0.717, 1.165) is 16.5 Å². The van der Waals surface area contributed by atoms with E-state index in [1.54, 1.807) is 38.9 Å². The predicted octanol–water partition coefficient (Wildman–Crippen LogP) is 3.63. The van der Waals surface area contributed by atoms with Crippen molar-refractivity contribution >= 4 is 43.4 Å². The van der Waals surface area contributed by atoms with Gasteiger partial charge in [0.05, 0.1) is 34.8 Å². The number of ether oxygens (including phenoxy) is 2. The van der Waals surface area contributed by atoms with Gasteiger partial charge in [-0.1, -0.05) is 25.1 Å². The van der Waals surface area contributed by atoms with Gasteiger partial charge in [-0.05, 0) is 36.8 Å². The Kier molecular flexibility index (Phi) is 8.16. The van der Waals surface area contributed by atoms with Gasteiger partial charge in [0.25, 0.3) is 5.56 Å². The molecule has 0 saturated heterocycles. The molecule has 4 heterocycles. The minimum atomic E-state index is -2.68. The zero-order chi connectivity index (χ0) is 28.5. The van der Waals surface area contributed by atoms with Crippen LogP contribution in [0.4, 0.5) is 0 Å². The molecule has 12 heteroatoms. The molecule has 2 aliphatic rings. The Morgan fingerprint density at radius 1 is 1.15 bits per heavy atom. The number of benzene rings is 1. The zero-order valence-corrected chi connectivity index (χ0v) is 24.8. The average Bonchev–Trinajstić information content (AvgIpc) is 3.33. The molecule has 1 aromatic carbocycles. The van der Waals surface area contributed by atoms with E-state index in [0.29, 0.717) is 47.3 Å². The minimum Gasteiger partial charge on any atom is -0.457 e. The molecule has 0 bridgehead atoms. The van der Waals surface area contributed by atoms with Crippen molar-refractivity contribution in [3.05, 3.63) is 63.4 Å². The number of fused-ring (bicyclic) bond motifs is 5. The lowest BCUT2D eigenvalue weighted by atomic mass is 9.85. The molecule has 1 atom stereocenters. The third kappa shape index (κ3) is 4.88. The first kappa shape index (κ1) is 28.5. The van der Waals surface area contributed by atoms with Crippen LogP contribution in [0.1, 0.15) is 36.5 Å². The molecule has 0 fully saturated rings. The summed E-state index contributed by atoms with van der Waals surface area (Å²) in [4.78, 5) is 44.7. The molecule has 0 spiro atoms. The maximum atomic E-state index is 13.6. The fourth-order valence-electron chi connectivity index (χ4n) is 5.41. The molecule has 5 rings (SSSR count). The standard InChI is InChI=1S/C28H32N2O8SSi/c1-5-28(38-24(31)17-39-11-8-12-40(34-2,35-3)36-4)21-14-23-25-19(13-18-9-6-7-10-22(18)29-25)15-30(23)26(32)20(21)16-37-27(28)33/h6-7,9-10,13-14H,5,8,11-12,15-17H2,1-4H3/t28-/m0/s1. The number of hydrogen-bond donors (Lipinski definition) is 0. The molecule has 2 aliphatic heterocycles. The predicted molar refractivity (Wildman–Crippen MR) is 152 cm³/mol. The third-order valence-corrected chi connectivity index (χ3v) is 11.4. The number of carbonyl (C=O) groups is 2. The number of carbonyl (C=O) groups excluding carboxylic acids is 2. The number of para-hydroxylation sites is 1. The van der Waals surface area contributed by atoms with E-state index in [2.05, 4.69) is 0 Å². The summed E-state index contributed by atoms with van der Waals surface area (Å²) in [6.45, 7) is 1.94. The molecule has 0 aliphatic carbocycles. The quantitative estimate of drug-likeness (QED) is 0.147. The van der Waals surface area contributed by atoms with Crippen molar-refractivity contribution in [1.82, 2.24) is 9.55 Å². The van der Waals surface area contributed by atoms with Gasteiger partial charge in [0.2, 0.25) is 5.60 Å². The molecule has 40 heavy (non-hydrogen) atoms. The van der Waals surface area contributed by atoms with Gasteiger partial charge >= 0.3 is 20.7 Å². The third-order valence-electron chi connectivity index (χ3n) is 7.60. The van der Waals surface area contributed by atoms with Gasteiger partial charge in [-0.15, -0.1) is 0 Å². The summed E-state index contributed by atoms with van der Waals surface area (Å²) in [7, 11) is 2.01. The number of rotatable bonds is 11. The summed E-state index contributed by atoms with van der Waals surface area (Å²) >= 11 is 1.38. The van der Waals surface area contributed by atoms with Crippen LogP contribution >= 0.6 is 11.8 Å². The van der Waals surface area contributed by atoms with E-state index in [1.165, 1.54) is 11.8 Å². The smallest absolute Gasteiger partial charge is 0.457 e. The highest BCUT2D eigenvalue weighted by Crippen LogP contribution is 2.41. The number of pyridine rings is 2. The van der Waals surface area contributed by atoms with Gasteiger partial charge in [-0.2, -0.15) is 11.8 Å². The number of esters is 2. The number of nitrogens with zero attached hydrogens (tertiary/aromatic N) is 2. The second-order valence-corrected chi connectivity index (χ2v) is 13.9. The number of thioether (sulfide) groups is 1. The van der Waals surface area contributed by atoms with Crippen LogP contribution in [0.2, 0.25) is 6.04 Å². The van der Waals surface area contributed by atoms with E-state index in [1.807, 2.05) is 30.3 Å². The molecule has 3 aromatic rings. The fourth-order valence-corrected chi connectivity index (χ4v) is 8.11. The molecule has 0 N–H and O–H groups in total. The van der Waals surface area contributed by atoms with Crippen LogP contribution in [-0.4, -0.2) is 63.1 Å². The topological polar surface area (TPSA) is 115 Å². The molecule has 0 radical (unpaired) electrons. The van der Waals surface area contributed by atoms with Gasteiger partial charge < -0.3 is 27.3 Å². The lowest BCUT2D eigenvalue weighted by molar-refractivity contribution is -0.187. The van der Waals surface area contributed by atoms with E-state index >= 15 is 0 Å². The lowest BCUT2D eigenvalue weighted by Crippen LogP contribution is -2.47. The van der Waals surface area contributed by atoms with Crippen molar-refractivity contribution < 1.29 is 32.3 Å². The molecule has 0 amide bonds. The highest BCUT2D eigenvalue weighted by atomic mass is 32.2. The monoisotopic (exact) mass is 584 g/mol. The van der Waals surface area contributed by atoms with Gasteiger partial charge in [0.15, 0.2) is 0 Å². The molecular formula is C28H32N2O8SSi. The fraction of sp³-hybridized carbons (Fsp3) is 0.429. The summed E-state index contributed by atoms with van der Waals surface area (Å²) in [5, 5.41) is 0.986. The van der Waals surface area contributed by atoms with Crippen LogP contribution in [-0.2, 0) is 51.1 Å². The zero-order valence-electron chi connectivity index (χ0n) is 23.0. The SMILES string of the molecule is CC[C@@]1(OC(=O)CSCCC[Si](OC)(OC)OC)C(=O)OCc2c1cc1n(c2=O)Cc2cc3ccccc3nc2-1. The van der Waals surface area contributed by atoms with Crippen LogP contribution in [0.15, 0.2) is 41.2 Å². The van der Waals surface area contributed by atoms with Crippen LogP contribution < -0.4 is 5.56 Å². The van der Waals surface area contributed by atoms with Gasteiger partial charge in [-0.3, -0.25) is 9.59 Å². The molecular weight excluding hydrogens is 552 g/mol. The molecule has 0 unspecified atom stereocenters. The largest absolute Gasteiger partial charge is 0.500 e. The first-order chi connectivity index (χ1) is 19.3. The molecule has 0 saturated carbocycles. The second kappa shape index (κ2) is 11.5. The first-order valence-corrected chi connectivity index (χ1v) is 16.2. The van der Waals surface area contributed by atoms with Crippen molar-refractivity contribution in [3.63, 3.8) is 0 Å². The van der Waals surface area contributed by atoms with Crippen LogP contribution in [0.3, 0.4) is 0 Å². The molecule has 10 nitrogen and oxygen atoms in total. The van der Waals surface area contributed by atoms with Crippen LogP contribution in [0, 0.1) is 0 Å². The van der Waals surface area contributed by atoms with Crippen molar-refractivity contribution in [1.29, 1.82) is 0 Å². The van der Waals surface area contributed by atoms with Gasteiger partial charge in [0, 0.05) is 43.9 Å². The van der Waals surface area contributed by atoms with Crippen LogP contribution in [0.25, 0.3) is 22.3 Å². The second-order valence-electron chi connectivity index (χ2n) is 9.68. The first-order valence-electron chi connectivity index (χ1n) is 13.1. The Morgan fingerprint density at radius 2 is 1.90 bits per heavy atom. The van der Waals surface area contributed by atoms with E-state index < -0.39 is 26.3 Å². The summed E-state index contributed by atoms with van der Waals surface area (Å²) in [6.07, 6.45) is 0.841. The summed E-state index contributed by atoms with van der Waals surface area (Å²) in [5.41, 5.74) is 1.74. The van der Waals surface area contributed by atoms with Crippen LogP contribution in [0.5, 0.6) is 0 Å². The van der Waals surface area contributed by atoms with E-state index in [4.69, 9.17) is 27.7 Å². The number of aromatic nitrogens is 2. The van der Waals surface area contributed by atoms with Gasteiger partial charge in [-0.25, -0.2) is 9.78 Å². The van der Waals surface area contributed by atoms with Crippen molar-refractivity contribution in [2.75, 3.05) is 32.8 Å². The Bertz CT molecular complexity index is 1510. The molecule has 212 valence electrons. The maximum Gasteiger partial charge on any atom is 0.500 e. The normalized spacial score (nSPS) is 17.8. The highest BCUT2D eigenvalue weighted by molar-refractivity contribution is 7.99. The van der Waals surface area contributed by atoms with Crippen molar-refractivity contribution in [2.24, 2.45) is 0 Å². The number of hydrogen-bond acceptors (Lipinski definition) is 10. The maximum absolute atomic E-state index is 13.6. The minimum absolute atomic E-state index is 0.0339. The lowest BCUT2D eigenvalue weighted by Gasteiger charge is -2.35. The van der Waals surface area contributed by atoms with Crippen molar-refractivity contribution in [3.8, 4) is 11.4 Å². The van der Waals surface area contributed by atoms with E-state index in [-0.39, 0.29) is 24.3 Å². The summed E-state index contributed by atoms with van der Waals surface area (Å²) in [6, 6.07) is 12.2. The average molecular weight is 585 g/mol. The number of cyclic esters (lactones) is 1. The Morgan fingerprint density at radius 3 is 2.62 bits per heavy atom. The highest BCUT2D eigenvalue weighted by Gasteiger charge is 2.50. The Hall–Kier alpha value is -3.03. The summed E-state index contributed by atoms with van der Waals surface area (Å²) in [5.74, 6) is -0.557. The van der Waals surface area contributed by atoms with E-state index in [9.17, 15) is 14.4 Å².